The summed E-state index contributed by atoms with van der Waals surface area (Å²) in [6.45, 7) is 3.79. The van der Waals surface area contributed by atoms with E-state index in [1.54, 1.807) is 36.4 Å². The van der Waals surface area contributed by atoms with Crippen LogP contribution < -0.4 is 14.8 Å². The van der Waals surface area contributed by atoms with Gasteiger partial charge in [-0.05, 0) is 67.9 Å². The third-order valence-electron chi connectivity index (χ3n) is 4.45. The van der Waals surface area contributed by atoms with E-state index < -0.39 is 10.0 Å². The van der Waals surface area contributed by atoms with Gasteiger partial charge >= 0.3 is 0 Å². The van der Waals surface area contributed by atoms with Crippen molar-refractivity contribution in [1.29, 1.82) is 0 Å². The minimum absolute atomic E-state index is 0.0977. The van der Waals surface area contributed by atoms with Gasteiger partial charge in [-0.2, -0.15) is 0 Å². The quantitative estimate of drug-likeness (QED) is 0.503. The van der Waals surface area contributed by atoms with Gasteiger partial charge in [-0.1, -0.05) is 33.6 Å². The first-order valence-corrected chi connectivity index (χ1v) is 11.3. The molecule has 3 aromatic carbocycles. The lowest BCUT2D eigenvalue weighted by Gasteiger charge is -2.12. The van der Waals surface area contributed by atoms with Crippen molar-refractivity contribution in [1.82, 2.24) is 0 Å². The zero-order valence-electron chi connectivity index (χ0n) is 16.7. The highest BCUT2D eigenvalue weighted by atomic mass is 79.9. The smallest absolute Gasteiger partial charge is 0.261 e. The van der Waals surface area contributed by atoms with Gasteiger partial charge < -0.3 is 10.1 Å². The Morgan fingerprint density at radius 1 is 0.967 bits per heavy atom. The molecule has 0 aliphatic heterocycles. The summed E-state index contributed by atoms with van der Waals surface area (Å²) in [5.74, 6) is 0.0738. The summed E-state index contributed by atoms with van der Waals surface area (Å²) in [5, 5.41) is 2.75. The Morgan fingerprint density at radius 3 is 2.30 bits per heavy atom. The van der Waals surface area contributed by atoms with Crippen LogP contribution in [-0.4, -0.2) is 21.4 Å². The van der Waals surface area contributed by atoms with E-state index in [1.807, 2.05) is 26.0 Å². The number of anilines is 2. The molecule has 156 valence electrons. The second-order valence-electron chi connectivity index (χ2n) is 6.75. The molecule has 0 aromatic heterocycles. The fourth-order valence-electron chi connectivity index (χ4n) is 2.91. The van der Waals surface area contributed by atoms with E-state index in [4.69, 9.17) is 4.74 Å². The van der Waals surface area contributed by atoms with E-state index in [0.717, 1.165) is 15.6 Å². The molecule has 0 aliphatic rings. The molecule has 0 unspecified atom stereocenters. The number of carbonyl (C=O) groups is 1. The molecule has 0 fully saturated rings. The summed E-state index contributed by atoms with van der Waals surface area (Å²) in [5.41, 5.74) is 3.25. The molecule has 0 spiro atoms. The lowest BCUT2D eigenvalue weighted by Crippen LogP contribution is -2.15. The van der Waals surface area contributed by atoms with E-state index in [9.17, 15) is 13.2 Å². The summed E-state index contributed by atoms with van der Waals surface area (Å²) in [7, 11) is -2.26. The van der Waals surface area contributed by atoms with E-state index in [-0.39, 0.29) is 10.8 Å². The predicted molar refractivity (Wildman–Crippen MR) is 122 cm³/mol. The molecular weight excluding hydrogens is 468 g/mol. The third kappa shape index (κ3) is 5.01. The van der Waals surface area contributed by atoms with Gasteiger partial charge in [-0.25, -0.2) is 8.42 Å². The van der Waals surface area contributed by atoms with E-state index in [0.29, 0.717) is 22.7 Å². The number of carbonyl (C=O) groups excluding carboxylic acids is 1. The zero-order chi connectivity index (χ0) is 21.9. The lowest BCUT2D eigenvalue weighted by molar-refractivity contribution is 0.102. The number of ether oxygens (including phenoxy) is 1. The second-order valence-corrected chi connectivity index (χ2v) is 9.35. The van der Waals surface area contributed by atoms with E-state index >= 15 is 0 Å². The number of halogens is 1. The van der Waals surface area contributed by atoms with Crippen LogP contribution in [-0.2, 0) is 10.0 Å². The number of amides is 1. The summed E-state index contributed by atoms with van der Waals surface area (Å²) in [6, 6.07) is 16.6. The normalized spacial score (nSPS) is 11.1. The van der Waals surface area contributed by atoms with Crippen LogP contribution in [0.5, 0.6) is 5.75 Å². The molecule has 0 saturated heterocycles. The Balaban J connectivity index is 1.77. The van der Waals surface area contributed by atoms with Crippen molar-refractivity contribution in [2.45, 2.75) is 18.7 Å². The number of rotatable bonds is 6. The fraction of sp³-hybridized carbons (Fsp3) is 0.136. The lowest BCUT2D eigenvalue weighted by atomic mass is 10.1. The number of benzene rings is 3. The highest BCUT2D eigenvalue weighted by Crippen LogP contribution is 2.25. The topological polar surface area (TPSA) is 84.5 Å². The maximum absolute atomic E-state index is 12.7. The highest BCUT2D eigenvalue weighted by molar-refractivity contribution is 9.10. The fourth-order valence-corrected chi connectivity index (χ4v) is 4.40. The molecule has 6 nitrogen and oxygen atoms in total. The first-order valence-electron chi connectivity index (χ1n) is 9.04. The van der Waals surface area contributed by atoms with Gasteiger partial charge in [0.2, 0.25) is 0 Å². The standard InChI is InChI=1S/C22H21BrN2O4S/c1-14-4-10-20(15(2)12-14)25-30(27,28)18-8-6-17(7-9-18)24-22(26)19-13-16(23)5-11-21(19)29-3/h4-13,25H,1-3H3,(H,24,26). The maximum Gasteiger partial charge on any atom is 0.261 e. The van der Waals surface area contributed by atoms with Crippen LogP contribution in [0.1, 0.15) is 21.5 Å². The second kappa shape index (κ2) is 8.89. The molecule has 1 amide bonds. The van der Waals surface area contributed by atoms with Crippen LogP contribution in [0.3, 0.4) is 0 Å². The van der Waals surface area contributed by atoms with Gasteiger partial charge in [0, 0.05) is 10.2 Å². The van der Waals surface area contributed by atoms with Gasteiger partial charge in [0.25, 0.3) is 15.9 Å². The van der Waals surface area contributed by atoms with Crippen molar-refractivity contribution >= 4 is 43.2 Å². The average molecular weight is 489 g/mol. The van der Waals surface area contributed by atoms with Crippen molar-refractivity contribution in [3.63, 3.8) is 0 Å². The van der Waals surface area contributed by atoms with Gasteiger partial charge in [0.1, 0.15) is 5.75 Å². The minimum atomic E-state index is -3.75. The van der Waals surface area contributed by atoms with Crippen LogP contribution >= 0.6 is 15.9 Å². The molecule has 0 atom stereocenters. The van der Waals surface area contributed by atoms with Gasteiger partial charge in [-0.15, -0.1) is 0 Å². The van der Waals surface area contributed by atoms with Crippen LogP contribution in [0, 0.1) is 13.8 Å². The predicted octanol–water partition coefficient (Wildman–Crippen LogP) is 5.13. The monoisotopic (exact) mass is 488 g/mol. The largest absolute Gasteiger partial charge is 0.496 e. The molecule has 0 saturated carbocycles. The van der Waals surface area contributed by atoms with Crippen LogP contribution in [0.15, 0.2) is 70.0 Å². The van der Waals surface area contributed by atoms with Crippen molar-refractivity contribution in [2.24, 2.45) is 0 Å². The Labute approximate surface area is 184 Å². The summed E-state index contributed by atoms with van der Waals surface area (Å²) >= 11 is 3.34. The number of aryl methyl sites for hydroxylation is 2. The van der Waals surface area contributed by atoms with Gasteiger partial charge in [0.15, 0.2) is 0 Å². The first-order chi connectivity index (χ1) is 14.2. The number of hydrogen-bond donors (Lipinski definition) is 2. The molecule has 0 radical (unpaired) electrons. The third-order valence-corrected chi connectivity index (χ3v) is 6.33. The van der Waals surface area contributed by atoms with Crippen LogP contribution in [0.4, 0.5) is 11.4 Å². The molecule has 0 heterocycles. The van der Waals surface area contributed by atoms with E-state index in [2.05, 4.69) is 26.0 Å². The van der Waals surface area contributed by atoms with Gasteiger partial charge in [-0.3, -0.25) is 9.52 Å². The SMILES string of the molecule is COc1ccc(Br)cc1C(=O)Nc1ccc(S(=O)(=O)Nc2ccc(C)cc2C)cc1. The summed E-state index contributed by atoms with van der Waals surface area (Å²) in [6.07, 6.45) is 0. The molecule has 30 heavy (non-hydrogen) atoms. The Morgan fingerprint density at radius 2 is 1.67 bits per heavy atom. The highest BCUT2D eigenvalue weighted by Gasteiger charge is 2.17. The van der Waals surface area contributed by atoms with Crippen molar-refractivity contribution in [2.75, 3.05) is 17.1 Å². The Hall–Kier alpha value is -2.84. The number of sulfonamides is 1. The molecule has 0 bridgehead atoms. The maximum atomic E-state index is 12.7. The van der Waals surface area contributed by atoms with Crippen molar-refractivity contribution < 1.29 is 17.9 Å². The molecule has 8 heteroatoms. The van der Waals surface area contributed by atoms with Crippen LogP contribution in [0.25, 0.3) is 0 Å². The van der Waals surface area contributed by atoms with Crippen molar-refractivity contribution in [3.05, 3.63) is 81.8 Å². The van der Waals surface area contributed by atoms with Gasteiger partial charge in [0.05, 0.1) is 23.3 Å². The summed E-state index contributed by atoms with van der Waals surface area (Å²) < 4.78 is 34.0. The molecule has 3 rings (SSSR count). The number of methoxy groups -OCH3 is 1. The molecular formula is C22H21BrN2O4S. The zero-order valence-corrected chi connectivity index (χ0v) is 19.1. The van der Waals surface area contributed by atoms with Crippen molar-refractivity contribution in [3.8, 4) is 5.75 Å². The van der Waals surface area contributed by atoms with Crippen LogP contribution in [0.2, 0.25) is 0 Å². The Bertz CT molecular complexity index is 1190. The number of hydrogen-bond acceptors (Lipinski definition) is 4. The summed E-state index contributed by atoms with van der Waals surface area (Å²) in [4.78, 5) is 12.7. The first kappa shape index (κ1) is 21.9. The molecule has 0 aliphatic carbocycles. The molecule has 2 N–H and O–H groups in total. The Kier molecular flexibility index (Phi) is 6.48. The average Bonchev–Trinajstić information content (AvgIpc) is 2.70. The van der Waals surface area contributed by atoms with E-state index in [1.165, 1.54) is 19.2 Å². The number of nitrogens with one attached hydrogen (secondary N) is 2. The molecule has 3 aromatic rings. The minimum Gasteiger partial charge on any atom is -0.496 e.